The van der Waals surface area contributed by atoms with Crippen molar-refractivity contribution in [1.29, 1.82) is 0 Å². The van der Waals surface area contributed by atoms with Crippen molar-refractivity contribution in [3.05, 3.63) is 57.0 Å². The molecule has 1 atom stereocenters. The van der Waals surface area contributed by atoms with Crippen LogP contribution in [0.5, 0.6) is 5.75 Å². The van der Waals surface area contributed by atoms with Crippen molar-refractivity contribution in [3.63, 3.8) is 0 Å². The molecule has 0 spiro atoms. The first kappa shape index (κ1) is 22.8. The van der Waals surface area contributed by atoms with Gasteiger partial charge in [-0.05, 0) is 31.2 Å². The predicted octanol–water partition coefficient (Wildman–Crippen LogP) is 0.989. The Kier molecular flexibility index (Phi) is 5.74. The summed E-state index contributed by atoms with van der Waals surface area (Å²) >= 11 is 1.49. The second-order valence-electron chi connectivity index (χ2n) is 8.87. The molecule has 0 amide bonds. The van der Waals surface area contributed by atoms with Crippen LogP contribution in [0.25, 0.3) is 5.78 Å². The summed E-state index contributed by atoms with van der Waals surface area (Å²) in [4.78, 5) is 31.5. The molecule has 2 aliphatic rings. The fourth-order valence-electron chi connectivity index (χ4n) is 4.77. The van der Waals surface area contributed by atoms with E-state index in [2.05, 4.69) is 32.0 Å². The minimum atomic E-state index is -0.293. The molecular weight excluding hydrogens is 480 g/mol. The summed E-state index contributed by atoms with van der Waals surface area (Å²) in [6.07, 6.45) is 1.44. The highest BCUT2D eigenvalue weighted by molar-refractivity contribution is 7.11. The number of methoxy groups -OCH3 is 1. The summed E-state index contributed by atoms with van der Waals surface area (Å²) in [6, 6.07) is 8.16. The molecule has 1 fully saturated rings. The first-order valence-corrected chi connectivity index (χ1v) is 12.8. The van der Waals surface area contributed by atoms with E-state index < -0.39 is 0 Å². The molecule has 1 saturated heterocycles. The van der Waals surface area contributed by atoms with E-state index >= 15 is 0 Å². The number of aromatic amines is 1. The van der Waals surface area contributed by atoms with Crippen molar-refractivity contribution in [3.8, 4) is 5.75 Å². The van der Waals surface area contributed by atoms with Crippen molar-refractivity contribution in [1.82, 2.24) is 29.0 Å². The summed E-state index contributed by atoms with van der Waals surface area (Å²) in [5.41, 5.74) is 2.33. The van der Waals surface area contributed by atoms with Crippen LogP contribution in [0.3, 0.4) is 0 Å². The standard InChI is InChI=1S/C23H28N10O2S/c1-15-26-18(21-25-7-14-36-21)19-20(32(15)24)27-22-31(23(34)28-33(19)22)13-10-29-8-11-30(12-9-29)16-3-5-17(35-2)6-4-16/h3-7,14-15H,8-13,24H2,1-2H3,(H,28,34). The van der Waals surface area contributed by atoms with Crippen LogP contribution in [-0.2, 0) is 6.54 Å². The molecule has 12 nitrogen and oxygen atoms in total. The lowest BCUT2D eigenvalue weighted by Gasteiger charge is -2.36. The van der Waals surface area contributed by atoms with Crippen LogP contribution in [0.1, 0.15) is 17.6 Å². The number of nitrogens with zero attached hydrogens (tertiary/aromatic N) is 8. The summed E-state index contributed by atoms with van der Waals surface area (Å²) in [5.74, 6) is 8.26. The van der Waals surface area contributed by atoms with E-state index in [4.69, 9.17) is 20.6 Å². The number of rotatable bonds is 6. The van der Waals surface area contributed by atoms with E-state index in [1.165, 1.54) is 22.0 Å². The number of nitrogens with one attached hydrogen (secondary N) is 1. The van der Waals surface area contributed by atoms with Crippen LogP contribution in [0.15, 0.2) is 45.6 Å². The third kappa shape index (κ3) is 3.85. The minimum Gasteiger partial charge on any atom is -0.497 e. The van der Waals surface area contributed by atoms with Gasteiger partial charge in [0.2, 0.25) is 5.78 Å². The molecule has 0 aliphatic carbocycles. The summed E-state index contributed by atoms with van der Waals surface area (Å²) < 4.78 is 8.62. The SMILES string of the molecule is COc1ccc(N2CCN(CCn3c(=O)[nH]n4c5c(nc34)N(N)C(C)N=C5c3nccs3)CC2)cc1. The molecule has 3 N–H and O–H groups in total. The van der Waals surface area contributed by atoms with E-state index in [0.29, 0.717) is 29.5 Å². The first-order valence-electron chi connectivity index (χ1n) is 11.9. The Bertz CT molecular complexity index is 1440. The Morgan fingerprint density at radius 2 is 1.94 bits per heavy atom. The van der Waals surface area contributed by atoms with Crippen molar-refractivity contribution in [2.75, 3.05) is 49.7 Å². The highest BCUT2D eigenvalue weighted by Crippen LogP contribution is 2.29. The lowest BCUT2D eigenvalue weighted by molar-refractivity contribution is 0.248. The van der Waals surface area contributed by atoms with Gasteiger partial charge in [-0.15, -0.1) is 11.3 Å². The predicted molar refractivity (Wildman–Crippen MR) is 139 cm³/mol. The molecule has 13 heteroatoms. The number of aromatic nitrogens is 5. The van der Waals surface area contributed by atoms with Gasteiger partial charge < -0.3 is 9.64 Å². The zero-order valence-corrected chi connectivity index (χ0v) is 21.0. The fraction of sp³-hybridized carbons (Fsp3) is 0.391. The quantitative estimate of drug-likeness (QED) is 0.370. The lowest BCUT2D eigenvalue weighted by Crippen LogP contribution is -2.47. The monoisotopic (exact) mass is 508 g/mol. The van der Waals surface area contributed by atoms with Gasteiger partial charge in [0.25, 0.3) is 0 Å². The van der Waals surface area contributed by atoms with Gasteiger partial charge in [-0.1, -0.05) is 0 Å². The highest BCUT2D eigenvalue weighted by Gasteiger charge is 2.32. The van der Waals surface area contributed by atoms with Gasteiger partial charge in [0.1, 0.15) is 28.3 Å². The lowest BCUT2D eigenvalue weighted by atomic mass is 10.2. The molecule has 4 aromatic rings. The number of ether oxygens (including phenoxy) is 1. The van der Waals surface area contributed by atoms with Crippen molar-refractivity contribution in [2.24, 2.45) is 10.8 Å². The number of imidazole rings is 1. The molecule has 36 heavy (non-hydrogen) atoms. The number of hydrogen-bond donors (Lipinski definition) is 2. The smallest absolute Gasteiger partial charge is 0.343 e. The van der Waals surface area contributed by atoms with Crippen molar-refractivity contribution < 1.29 is 4.74 Å². The Hall–Kier alpha value is -3.68. The molecule has 0 saturated carbocycles. The molecule has 1 unspecified atom stereocenters. The van der Waals surface area contributed by atoms with Gasteiger partial charge in [0, 0.05) is 56.5 Å². The zero-order valence-electron chi connectivity index (χ0n) is 20.2. The number of fused-ring (bicyclic) bond motifs is 3. The molecular formula is C23H28N10O2S. The van der Waals surface area contributed by atoms with E-state index in [-0.39, 0.29) is 11.9 Å². The molecule has 188 valence electrons. The van der Waals surface area contributed by atoms with Gasteiger partial charge in [0.15, 0.2) is 5.82 Å². The van der Waals surface area contributed by atoms with E-state index in [1.54, 1.807) is 22.4 Å². The van der Waals surface area contributed by atoms with E-state index in [1.807, 2.05) is 24.4 Å². The zero-order chi connectivity index (χ0) is 24.8. The number of anilines is 2. The largest absolute Gasteiger partial charge is 0.497 e. The summed E-state index contributed by atoms with van der Waals surface area (Å²) in [6.45, 7) is 6.86. The molecule has 0 radical (unpaired) electrons. The van der Waals surface area contributed by atoms with Gasteiger partial charge in [0.05, 0.1) is 7.11 Å². The van der Waals surface area contributed by atoms with E-state index in [0.717, 1.165) is 43.5 Å². The normalized spacial score (nSPS) is 18.5. The maximum Gasteiger partial charge on any atom is 0.343 e. The Labute approximate surface area is 211 Å². The first-order chi connectivity index (χ1) is 17.5. The van der Waals surface area contributed by atoms with Crippen LogP contribution < -0.4 is 26.2 Å². The molecule has 2 aliphatic heterocycles. The number of piperazine rings is 1. The molecule has 1 aromatic carbocycles. The molecule has 3 aromatic heterocycles. The fourth-order valence-corrected chi connectivity index (χ4v) is 5.41. The average molecular weight is 509 g/mol. The topological polar surface area (TPSA) is 125 Å². The maximum absolute atomic E-state index is 12.9. The Morgan fingerprint density at radius 3 is 2.64 bits per heavy atom. The highest BCUT2D eigenvalue weighted by atomic mass is 32.1. The number of hydrogen-bond acceptors (Lipinski definition) is 10. The van der Waals surface area contributed by atoms with Gasteiger partial charge in [-0.3, -0.25) is 19.5 Å². The Morgan fingerprint density at radius 1 is 1.17 bits per heavy atom. The number of hydrazine groups is 1. The van der Waals surface area contributed by atoms with Crippen molar-refractivity contribution >= 4 is 34.3 Å². The Balaban J connectivity index is 1.19. The minimum absolute atomic E-state index is 0.210. The van der Waals surface area contributed by atoms with Crippen LogP contribution in [0.2, 0.25) is 0 Å². The van der Waals surface area contributed by atoms with E-state index in [9.17, 15) is 4.79 Å². The molecule has 0 bridgehead atoms. The van der Waals surface area contributed by atoms with Gasteiger partial charge in [-0.25, -0.2) is 25.2 Å². The van der Waals surface area contributed by atoms with Gasteiger partial charge >= 0.3 is 5.69 Å². The number of thiazole rings is 1. The second-order valence-corrected chi connectivity index (χ2v) is 9.76. The van der Waals surface area contributed by atoms with Gasteiger partial charge in [-0.2, -0.15) is 4.98 Å². The van der Waals surface area contributed by atoms with Crippen LogP contribution in [0, 0.1) is 0 Å². The maximum atomic E-state index is 12.9. The number of H-pyrrole nitrogens is 1. The summed E-state index contributed by atoms with van der Waals surface area (Å²) in [7, 11) is 1.68. The second kappa shape index (κ2) is 9.08. The van der Waals surface area contributed by atoms with Crippen molar-refractivity contribution in [2.45, 2.75) is 19.6 Å². The van der Waals surface area contributed by atoms with Crippen LogP contribution in [0.4, 0.5) is 11.5 Å². The average Bonchev–Trinajstić information content (AvgIpc) is 3.62. The molecule has 6 rings (SSSR count). The third-order valence-corrected chi connectivity index (χ3v) is 7.59. The number of nitrogens with two attached hydrogens (primary N) is 1. The molecule has 5 heterocycles. The third-order valence-electron chi connectivity index (χ3n) is 6.81. The number of benzene rings is 1. The van der Waals surface area contributed by atoms with Crippen LogP contribution in [-0.4, -0.2) is 80.8 Å². The number of aliphatic imine (C=N–C) groups is 1. The van der Waals surface area contributed by atoms with Crippen LogP contribution >= 0.6 is 11.3 Å². The summed E-state index contributed by atoms with van der Waals surface area (Å²) in [5, 5.41) is 7.12.